The van der Waals surface area contributed by atoms with E-state index >= 15 is 0 Å². The molecule has 4 nitrogen and oxygen atoms in total. The van der Waals surface area contributed by atoms with Crippen LogP contribution in [-0.2, 0) is 22.6 Å². The van der Waals surface area contributed by atoms with Crippen molar-refractivity contribution in [3.05, 3.63) is 47.8 Å². The highest BCUT2D eigenvalue weighted by Gasteiger charge is 2.32. The zero-order valence-electron chi connectivity index (χ0n) is 10.5. The molecule has 0 amide bonds. The first-order valence-electron chi connectivity index (χ1n) is 5.74. The number of nitrogens with zero attached hydrogens (tertiary/aromatic N) is 1. The van der Waals surface area contributed by atoms with E-state index in [2.05, 4.69) is 4.98 Å². The van der Waals surface area contributed by atoms with Crippen molar-refractivity contribution in [2.24, 2.45) is 0 Å². The molecule has 0 bridgehead atoms. The number of pyridine rings is 1. The highest BCUT2D eigenvalue weighted by Crippen LogP contribution is 2.32. The lowest BCUT2D eigenvalue weighted by atomic mass is 10.0. The van der Waals surface area contributed by atoms with E-state index in [1.807, 2.05) is 0 Å². The third-order valence-corrected chi connectivity index (χ3v) is 3.36. The second kappa shape index (κ2) is 5.72. The SMILES string of the molecule is O=[SH](=O)Cc1ccc(O)c(-c2ccc(C(F)(F)F)nc2)c1. The van der Waals surface area contributed by atoms with Crippen molar-refractivity contribution in [1.29, 1.82) is 0 Å². The normalized spacial score (nSPS) is 11.8. The summed E-state index contributed by atoms with van der Waals surface area (Å²) in [7, 11) is -2.63. The molecular weight excluding hydrogens is 307 g/mol. The van der Waals surface area contributed by atoms with Crippen LogP contribution in [0.15, 0.2) is 36.5 Å². The Morgan fingerprint density at radius 2 is 1.86 bits per heavy atom. The minimum absolute atomic E-state index is 0.165. The highest BCUT2D eigenvalue weighted by atomic mass is 32.2. The molecule has 2 rings (SSSR count). The van der Waals surface area contributed by atoms with Crippen molar-refractivity contribution in [3.8, 4) is 16.9 Å². The second-order valence-electron chi connectivity index (χ2n) is 4.27. The van der Waals surface area contributed by atoms with Crippen LogP contribution in [0.25, 0.3) is 11.1 Å². The topological polar surface area (TPSA) is 67.3 Å². The fraction of sp³-hybridized carbons (Fsp3) is 0.154. The van der Waals surface area contributed by atoms with Gasteiger partial charge < -0.3 is 5.11 Å². The van der Waals surface area contributed by atoms with Gasteiger partial charge in [0.05, 0.1) is 5.75 Å². The fourth-order valence-electron chi connectivity index (χ4n) is 1.78. The van der Waals surface area contributed by atoms with Gasteiger partial charge in [-0.15, -0.1) is 0 Å². The first-order valence-corrected chi connectivity index (χ1v) is 7.11. The van der Waals surface area contributed by atoms with Gasteiger partial charge >= 0.3 is 6.18 Å². The van der Waals surface area contributed by atoms with Gasteiger partial charge in [0.2, 0.25) is 0 Å². The van der Waals surface area contributed by atoms with Crippen LogP contribution in [-0.4, -0.2) is 18.5 Å². The molecule has 1 N–H and O–H groups in total. The molecule has 1 heterocycles. The van der Waals surface area contributed by atoms with Gasteiger partial charge in [-0.25, -0.2) is 8.42 Å². The Balaban J connectivity index is 2.41. The largest absolute Gasteiger partial charge is 0.507 e. The standard InChI is InChI=1S/C13H10F3NO3S/c14-13(15,16)12-4-2-9(6-17-12)10-5-8(7-21(19)20)1-3-11(10)18/h1-6,18,21H,7H2. The quantitative estimate of drug-likeness (QED) is 0.854. The maximum atomic E-state index is 12.4. The van der Waals surface area contributed by atoms with E-state index in [4.69, 9.17) is 0 Å². The molecular formula is C13H10F3NO3S. The Hall–Kier alpha value is -2.09. The van der Waals surface area contributed by atoms with Gasteiger partial charge in [0, 0.05) is 17.3 Å². The van der Waals surface area contributed by atoms with E-state index in [0.29, 0.717) is 5.56 Å². The van der Waals surface area contributed by atoms with Crippen LogP contribution in [0.2, 0.25) is 0 Å². The van der Waals surface area contributed by atoms with Crippen molar-refractivity contribution in [2.75, 3.05) is 0 Å². The molecule has 0 saturated carbocycles. The van der Waals surface area contributed by atoms with E-state index in [1.165, 1.54) is 24.3 Å². The Kier molecular flexibility index (Phi) is 4.17. The number of benzene rings is 1. The summed E-state index contributed by atoms with van der Waals surface area (Å²) in [6.07, 6.45) is -3.55. The number of hydrogen-bond donors (Lipinski definition) is 2. The number of hydrogen-bond acceptors (Lipinski definition) is 4. The Morgan fingerprint density at radius 3 is 2.38 bits per heavy atom. The predicted octanol–water partition coefficient (Wildman–Crippen LogP) is 2.58. The summed E-state index contributed by atoms with van der Waals surface area (Å²) in [6, 6.07) is 6.11. The summed E-state index contributed by atoms with van der Waals surface area (Å²) in [6.45, 7) is 0. The zero-order chi connectivity index (χ0) is 15.6. The lowest BCUT2D eigenvalue weighted by Crippen LogP contribution is -2.07. The average molecular weight is 317 g/mol. The van der Waals surface area contributed by atoms with Crippen LogP contribution in [0.5, 0.6) is 5.75 Å². The summed E-state index contributed by atoms with van der Waals surface area (Å²) in [5.41, 5.74) is -0.114. The lowest BCUT2D eigenvalue weighted by molar-refractivity contribution is -0.141. The van der Waals surface area contributed by atoms with Crippen LogP contribution >= 0.6 is 0 Å². The minimum atomic E-state index is -4.54. The number of aromatic nitrogens is 1. The molecule has 0 radical (unpaired) electrons. The molecule has 0 saturated heterocycles. The van der Waals surface area contributed by atoms with Crippen LogP contribution < -0.4 is 0 Å². The first-order chi connectivity index (χ1) is 9.77. The Labute approximate surface area is 119 Å². The van der Waals surface area contributed by atoms with Gasteiger partial charge in [0.25, 0.3) is 0 Å². The fourth-order valence-corrected chi connectivity index (χ4v) is 2.28. The number of rotatable bonds is 3. The van der Waals surface area contributed by atoms with Gasteiger partial charge in [-0.1, -0.05) is 12.1 Å². The van der Waals surface area contributed by atoms with Crippen LogP contribution in [0.4, 0.5) is 13.2 Å². The molecule has 0 aliphatic carbocycles. The number of thiol groups is 1. The maximum absolute atomic E-state index is 12.4. The van der Waals surface area contributed by atoms with Gasteiger partial charge in [-0.3, -0.25) is 4.98 Å². The van der Waals surface area contributed by atoms with Crippen LogP contribution in [0.1, 0.15) is 11.3 Å². The molecule has 0 unspecified atom stereocenters. The average Bonchev–Trinajstić information content (AvgIpc) is 2.39. The second-order valence-corrected chi connectivity index (χ2v) is 5.25. The van der Waals surface area contributed by atoms with Crippen molar-refractivity contribution in [3.63, 3.8) is 0 Å². The summed E-state index contributed by atoms with van der Waals surface area (Å²) in [4.78, 5) is 3.30. The Morgan fingerprint density at radius 1 is 1.14 bits per heavy atom. The van der Waals surface area contributed by atoms with Crippen molar-refractivity contribution < 1.29 is 26.7 Å². The van der Waals surface area contributed by atoms with Crippen LogP contribution in [0, 0.1) is 0 Å². The number of aromatic hydroxyl groups is 1. The molecule has 1 aromatic carbocycles. The van der Waals surface area contributed by atoms with Gasteiger partial charge in [-0.2, -0.15) is 13.2 Å². The summed E-state index contributed by atoms with van der Waals surface area (Å²) in [5.74, 6) is -0.377. The number of halogens is 3. The third-order valence-electron chi connectivity index (χ3n) is 2.74. The van der Waals surface area contributed by atoms with Gasteiger partial charge in [0.15, 0.2) is 0 Å². The molecule has 0 fully saturated rings. The zero-order valence-corrected chi connectivity index (χ0v) is 11.4. The molecule has 0 atom stereocenters. The monoisotopic (exact) mass is 317 g/mol. The molecule has 0 aliphatic heterocycles. The number of alkyl halides is 3. The first kappa shape index (κ1) is 15.3. The minimum Gasteiger partial charge on any atom is -0.507 e. The number of phenolic OH excluding ortho intramolecular Hbond substituents is 1. The Bertz CT molecular complexity index is 716. The van der Waals surface area contributed by atoms with Crippen molar-refractivity contribution >= 4 is 10.7 Å². The lowest BCUT2D eigenvalue weighted by Gasteiger charge is -2.09. The molecule has 0 spiro atoms. The molecule has 21 heavy (non-hydrogen) atoms. The highest BCUT2D eigenvalue weighted by molar-refractivity contribution is 7.71. The molecule has 8 heteroatoms. The third kappa shape index (κ3) is 3.72. The maximum Gasteiger partial charge on any atom is 0.433 e. The van der Waals surface area contributed by atoms with E-state index in [9.17, 15) is 26.7 Å². The van der Waals surface area contributed by atoms with E-state index in [-0.39, 0.29) is 22.6 Å². The van der Waals surface area contributed by atoms with E-state index < -0.39 is 22.6 Å². The summed E-state index contributed by atoms with van der Waals surface area (Å²) >= 11 is 0. The van der Waals surface area contributed by atoms with Gasteiger partial charge in [0.1, 0.15) is 22.1 Å². The molecule has 112 valence electrons. The predicted molar refractivity (Wildman–Crippen MR) is 70.4 cm³/mol. The van der Waals surface area contributed by atoms with Crippen molar-refractivity contribution in [2.45, 2.75) is 11.9 Å². The molecule has 2 aromatic rings. The summed E-state index contributed by atoms with van der Waals surface area (Å²) < 4.78 is 58.7. The summed E-state index contributed by atoms with van der Waals surface area (Å²) in [5, 5.41) is 9.75. The molecule has 0 aliphatic rings. The van der Waals surface area contributed by atoms with Crippen LogP contribution in [0.3, 0.4) is 0 Å². The number of phenols is 1. The van der Waals surface area contributed by atoms with Gasteiger partial charge in [-0.05, 0) is 23.8 Å². The van der Waals surface area contributed by atoms with Crippen molar-refractivity contribution in [1.82, 2.24) is 4.98 Å². The van der Waals surface area contributed by atoms with E-state index in [0.717, 1.165) is 12.3 Å². The van der Waals surface area contributed by atoms with E-state index in [1.54, 1.807) is 0 Å². The molecule has 1 aromatic heterocycles. The smallest absolute Gasteiger partial charge is 0.433 e.